The molecule has 2 N–H and O–H groups in total. The minimum atomic E-state index is 0.0345. The summed E-state index contributed by atoms with van der Waals surface area (Å²) in [5.41, 5.74) is 0. The second kappa shape index (κ2) is 27.1. The normalized spacial score (nSPS) is 13.5. The minimum absolute atomic E-state index is 0.0345. The Morgan fingerprint density at radius 3 is 1.00 bits per heavy atom. The van der Waals surface area contributed by atoms with E-state index in [1.54, 1.807) is 0 Å². The molecule has 0 aliphatic carbocycles. The zero-order valence-corrected chi connectivity index (χ0v) is 21.8. The first-order chi connectivity index (χ1) is 15.8. The standard InChI is InChI=1S/C28H58O4/c1-3-5-7-9-11-13-15-17-19-21-27(31-25-23-29)28(32-26-24-30)22-20-18-16-14-12-10-8-6-4-2/h27-30H,3-26H2,1-2H3. The molecule has 0 aliphatic rings. The first-order valence-corrected chi connectivity index (χ1v) is 14.2. The van der Waals surface area contributed by atoms with E-state index in [4.69, 9.17) is 9.47 Å². The highest BCUT2D eigenvalue weighted by atomic mass is 16.5. The van der Waals surface area contributed by atoms with Crippen LogP contribution in [-0.4, -0.2) is 48.8 Å². The molecule has 0 rings (SSSR count). The van der Waals surface area contributed by atoms with Gasteiger partial charge in [0.25, 0.3) is 0 Å². The molecule has 4 nitrogen and oxygen atoms in total. The van der Waals surface area contributed by atoms with Crippen molar-refractivity contribution in [3.8, 4) is 0 Å². The summed E-state index contributed by atoms with van der Waals surface area (Å²) in [6.07, 6.45) is 25.8. The van der Waals surface area contributed by atoms with E-state index in [-0.39, 0.29) is 25.4 Å². The summed E-state index contributed by atoms with van der Waals surface area (Å²) in [7, 11) is 0. The lowest BCUT2D eigenvalue weighted by molar-refractivity contribution is -0.0921. The Hall–Kier alpha value is -0.160. The molecule has 0 saturated carbocycles. The van der Waals surface area contributed by atoms with Crippen LogP contribution in [0, 0.1) is 0 Å². The maximum absolute atomic E-state index is 9.25. The SMILES string of the molecule is CCCCCCCCCCCC(OCCO)C(CCCCCCCCCCC)OCCO. The van der Waals surface area contributed by atoms with Crippen molar-refractivity contribution in [1.29, 1.82) is 0 Å². The Bertz CT molecular complexity index is 305. The fourth-order valence-electron chi connectivity index (χ4n) is 4.47. The summed E-state index contributed by atoms with van der Waals surface area (Å²) in [5, 5.41) is 18.5. The van der Waals surface area contributed by atoms with Gasteiger partial charge in [-0.2, -0.15) is 0 Å². The van der Waals surface area contributed by atoms with Crippen molar-refractivity contribution in [2.45, 2.75) is 154 Å². The number of aliphatic hydroxyl groups is 2. The number of hydrogen-bond acceptors (Lipinski definition) is 4. The Labute approximate surface area is 200 Å². The molecule has 0 aromatic rings. The number of unbranched alkanes of at least 4 members (excludes halogenated alkanes) is 16. The van der Waals surface area contributed by atoms with Crippen LogP contribution in [0.4, 0.5) is 0 Å². The predicted molar refractivity (Wildman–Crippen MR) is 137 cm³/mol. The molecule has 0 amide bonds. The highest BCUT2D eigenvalue weighted by Gasteiger charge is 2.22. The van der Waals surface area contributed by atoms with E-state index in [9.17, 15) is 10.2 Å². The quantitative estimate of drug-likeness (QED) is 0.125. The van der Waals surface area contributed by atoms with Crippen molar-refractivity contribution in [3.05, 3.63) is 0 Å². The van der Waals surface area contributed by atoms with Gasteiger partial charge in [-0.3, -0.25) is 0 Å². The maximum atomic E-state index is 9.25. The molecular weight excluding hydrogens is 400 g/mol. The Kier molecular flexibility index (Phi) is 27.0. The average molecular weight is 459 g/mol. The van der Waals surface area contributed by atoms with Gasteiger partial charge in [0.1, 0.15) is 0 Å². The first-order valence-electron chi connectivity index (χ1n) is 14.2. The topological polar surface area (TPSA) is 58.9 Å². The van der Waals surface area contributed by atoms with Gasteiger partial charge in [-0.15, -0.1) is 0 Å². The fourth-order valence-corrected chi connectivity index (χ4v) is 4.47. The Morgan fingerprint density at radius 1 is 0.438 bits per heavy atom. The van der Waals surface area contributed by atoms with Gasteiger partial charge < -0.3 is 19.7 Å². The van der Waals surface area contributed by atoms with Gasteiger partial charge in [0, 0.05) is 0 Å². The minimum Gasteiger partial charge on any atom is -0.394 e. The van der Waals surface area contributed by atoms with Crippen LogP contribution in [0.1, 0.15) is 142 Å². The summed E-state index contributed by atoms with van der Waals surface area (Å²) < 4.78 is 12.0. The largest absolute Gasteiger partial charge is 0.394 e. The molecule has 0 radical (unpaired) electrons. The molecule has 0 spiro atoms. The van der Waals surface area contributed by atoms with E-state index in [0.29, 0.717) is 13.2 Å². The smallest absolute Gasteiger partial charge is 0.0837 e. The monoisotopic (exact) mass is 458 g/mol. The van der Waals surface area contributed by atoms with Gasteiger partial charge in [-0.05, 0) is 12.8 Å². The van der Waals surface area contributed by atoms with Gasteiger partial charge in [-0.1, -0.05) is 129 Å². The summed E-state index contributed by atoms with van der Waals surface area (Å²) >= 11 is 0. The molecule has 2 atom stereocenters. The second-order valence-electron chi connectivity index (χ2n) is 9.50. The Balaban J connectivity index is 4.15. The number of rotatable bonds is 27. The van der Waals surface area contributed by atoms with Gasteiger partial charge in [0.15, 0.2) is 0 Å². The molecule has 194 valence electrons. The molecule has 0 bridgehead atoms. The summed E-state index contributed by atoms with van der Waals surface area (Å²) in [4.78, 5) is 0. The van der Waals surface area contributed by atoms with Crippen molar-refractivity contribution in [2.24, 2.45) is 0 Å². The fraction of sp³-hybridized carbons (Fsp3) is 1.00. The van der Waals surface area contributed by atoms with Crippen LogP contribution in [0.5, 0.6) is 0 Å². The lowest BCUT2D eigenvalue weighted by atomic mass is 9.98. The molecule has 0 fully saturated rings. The maximum Gasteiger partial charge on any atom is 0.0837 e. The van der Waals surface area contributed by atoms with Gasteiger partial charge >= 0.3 is 0 Å². The third-order valence-electron chi connectivity index (χ3n) is 6.45. The van der Waals surface area contributed by atoms with Crippen molar-refractivity contribution < 1.29 is 19.7 Å². The van der Waals surface area contributed by atoms with E-state index in [0.717, 1.165) is 25.7 Å². The third-order valence-corrected chi connectivity index (χ3v) is 6.45. The van der Waals surface area contributed by atoms with E-state index >= 15 is 0 Å². The summed E-state index contributed by atoms with van der Waals surface area (Å²) in [6.45, 7) is 5.39. The summed E-state index contributed by atoms with van der Waals surface area (Å²) in [6, 6.07) is 0. The molecule has 32 heavy (non-hydrogen) atoms. The van der Waals surface area contributed by atoms with Crippen LogP contribution in [0.25, 0.3) is 0 Å². The zero-order chi connectivity index (χ0) is 23.5. The first kappa shape index (κ1) is 31.8. The zero-order valence-electron chi connectivity index (χ0n) is 21.8. The highest BCUT2D eigenvalue weighted by Crippen LogP contribution is 2.20. The van der Waals surface area contributed by atoms with E-state index in [1.165, 1.54) is 103 Å². The third kappa shape index (κ3) is 21.7. The van der Waals surface area contributed by atoms with Crippen LogP contribution in [0.15, 0.2) is 0 Å². The van der Waals surface area contributed by atoms with Crippen molar-refractivity contribution in [1.82, 2.24) is 0 Å². The van der Waals surface area contributed by atoms with Gasteiger partial charge in [0.2, 0.25) is 0 Å². The average Bonchev–Trinajstić information content (AvgIpc) is 2.81. The van der Waals surface area contributed by atoms with Crippen molar-refractivity contribution >= 4 is 0 Å². The van der Waals surface area contributed by atoms with E-state index in [1.807, 2.05) is 0 Å². The van der Waals surface area contributed by atoms with Gasteiger partial charge in [0.05, 0.1) is 38.6 Å². The van der Waals surface area contributed by atoms with Crippen LogP contribution in [0.2, 0.25) is 0 Å². The number of aliphatic hydroxyl groups excluding tert-OH is 2. The molecule has 0 heterocycles. The molecule has 2 unspecified atom stereocenters. The summed E-state index contributed by atoms with van der Waals surface area (Å²) in [5.74, 6) is 0. The van der Waals surface area contributed by atoms with Crippen LogP contribution >= 0.6 is 0 Å². The predicted octanol–water partition coefficient (Wildman–Crippen LogP) is 7.58. The molecule has 0 saturated heterocycles. The molecule has 0 aliphatic heterocycles. The lowest BCUT2D eigenvalue weighted by Crippen LogP contribution is -2.33. The molecule has 0 aromatic carbocycles. The molecular formula is C28H58O4. The number of hydrogen-bond donors (Lipinski definition) is 2. The van der Waals surface area contributed by atoms with Crippen molar-refractivity contribution in [3.63, 3.8) is 0 Å². The van der Waals surface area contributed by atoms with Crippen LogP contribution in [0.3, 0.4) is 0 Å². The highest BCUT2D eigenvalue weighted by molar-refractivity contribution is 4.72. The van der Waals surface area contributed by atoms with Gasteiger partial charge in [-0.25, -0.2) is 0 Å². The van der Waals surface area contributed by atoms with Crippen molar-refractivity contribution in [2.75, 3.05) is 26.4 Å². The van der Waals surface area contributed by atoms with Crippen LogP contribution in [-0.2, 0) is 9.47 Å². The molecule has 4 heteroatoms. The number of ether oxygens (including phenoxy) is 2. The van der Waals surface area contributed by atoms with Crippen LogP contribution < -0.4 is 0 Å². The Morgan fingerprint density at radius 2 is 0.719 bits per heavy atom. The molecule has 0 aromatic heterocycles. The second-order valence-corrected chi connectivity index (χ2v) is 9.50. The van der Waals surface area contributed by atoms with E-state index < -0.39 is 0 Å². The lowest BCUT2D eigenvalue weighted by Gasteiger charge is -2.27. The van der Waals surface area contributed by atoms with E-state index in [2.05, 4.69) is 13.8 Å².